The highest BCUT2D eigenvalue weighted by atomic mass is 19.1. The molecule has 6 heteroatoms. The summed E-state index contributed by atoms with van der Waals surface area (Å²) in [6.45, 7) is 0. The molecule has 4 nitrogen and oxygen atoms in total. The fourth-order valence-electron chi connectivity index (χ4n) is 2.58. The van der Waals surface area contributed by atoms with Gasteiger partial charge in [0.25, 0.3) is 0 Å². The van der Waals surface area contributed by atoms with E-state index in [1.54, 1.807) is 12.1 Å². The van der Waals surface area contributed by atoms with Crippen LogP contribution in [0.5, 0.6) is 0 Å². The van der Waals surface area contributed by atoms with Crippen molar-refractivity contribution < 1.29 is 23.4 Å². The van der Waals surface area contributed by atoms with E-state index >= 15 is 0 Å². The smallest absolute Gasteiger partial charge is 0.404 e. The van der Waals surface area contributed by atoms with Crippen LogP contribution in [0.1, 0.15) is 24.8 Å². The lowest BCUT2D eigenvalue weighted by Gasteiger charge is -2.32. The highest BCUT2D eigenvalue weighted by molar-refractivity contribution is 5.64. The SMILES string of the molecule is O=C(O)NC1CCC(OC(F)Cc2ccccc2)C(F)C1. The van der Waals surface area contributed by atoms with Gasteiger partial charge in [0.2, 0.25) is 6.36 Å². The molecular formula is C15H19F2NO3. The average molecular weight is 299 g/mol. The van der Waals surface area contributed by atoms with Crippen molar-refractivity contribution >= 4 is 6.09 Å². The van der Waals surface area contributed by atoms with Gasteiger partial charge in [-0.05, 0) is 18.4 Å². The number of carbonyl (C=O) groups is 1. The molecule has 1 amide bonds. The Morgan fingerprint density at radius 3 is 2.71 bits per heavy atom. The Morgan fingerprint density at radius 1 is 1.38 bits per heavy atom. The highest BCUT2D eigenvalue weighted by Crippen LogP contribution is 2.26. The molecule has 0 heterocycles. The molecule has 0 saturated heterocycles. The van der Waals surface area contributed by atoms with Crippen molar-refractivity contribution in [3.05, 3.63) is 35.9 Å². The Hall–Kier alpha value is -1.69. The number of halogens is 2. The van der Waals surface area contributed by atoms with Crippen LogP contribution >= 0.6 is 0 Å². The topological polar surface area (TPSA) is 58.6 Å². The van der Waals surface area contributed by atoms with Crippen molar-refractivity contribution in [2.75, 3.05) is 0 Å². The number of benzene rings is 1. The number of alkyl halides is 2. The van der Waals surface area contributed by atoms with Crippen molar-refractivity contribution in [1.82, 2.24) is 5.32 Å². The normalized spacial score (nSPS) is 27.0. The fraction of sp³-hybridized carbons (Fsp3) is 0.533. The van der Waals surface area contributed by atoms with Crippen molar-refractivity contribution in [3.8, 4) is 0 Å². The third-order valence-corrected chi connectivity index (χ3v) is 3.60. The minimum Gasteiger partial charge on any atom is -0.465 e. The predicted molar refractivity (Wildman–Crippen MR) is 73.6 cm³/mol. The minimum atomic E-state index is -1.56. The Bertz CT molecular complexity index is 457. The molecule has 0 aliphatic heterocycles. The summed E-state index contributed by atoms with van der Waals surface area (Å²) in [5.41, 5.74) is 0.793. The van der Waals surface area contributed by atoms with Gasteiger partial charge >= 0.3 is 6.09 Å². The van der Waals surface area contributed by atoms with E-state index in [9.17, 15) is 13.6 Å². The summed E-state index contributed by atoms with van der Waals surface area (Å²) < 4.78 is 32.9. The van der Waals surface area contributed by atoms with Crippen molar-refractivity contribution in [2.24, 2.45) is 0 Å². The second-order valence-electron chi connectivity index (χ2n) is 5.25. The van der Waals surface area contributed by atoms with E-state index in [4.69, 9.17) is 9.84 Å². The summed E-state index contributed by atoms with van der Waals surface area (Å²) in [5, 5.41) is 10.9. The van der Waals surface area contributed by atoms with Gasteiger partial charge in [0.15, 0.2) is 0 Å². The van der Waals surface area contributed by atoms with Gasteiger partial charge in [-0.2, -0.15) is 0 Å². The van der Waals surface area contributed by atoms with Crippen LogP contribution in [0.3, 0.4) is 0 Å². The standard InChI is InChI=1S/C15H19F2NO3/c16-12-9-11(18-15(19)20)6-7-13(12)21-14(17)8-10-4-2-1-3-5-10/h1-5,11-14,18H,6-9H2,(H,19,20). The summed E-state index contributed by atoms with van der Waals surface area (Å²) in [6, 6.07) is 8.61. The van der Waals surface area contributed by atoms with Crippen molar-refractivity contribution in [2.45, 2.75) is 50.4 Å². The number of rotatable bonds is 5. The van der Waals surface area contributed by atoms with Crippen LogP contribution in [-0.2, 0) is 11.2 Å². The Labute approximate surface area is 122 Å². The lowest BCUT2D eigenvalue weighted by Crippen LogP contribution is -2.44. The summed E-state index contributed by atoms with van der Waals surface area (Å²) in [4.78, 5) is 10.5. The lowest BCUT2D eigenvalue weighted by atomic mass is 9.91. The second kappa shape index (κ2) is 7.36. The molecule has 2 rings (SSSR count). The van der Waals surface area contributed by atoms with Gasteiger partial charge in [0.1, 0.15) is 6.17 Å². The first-order chi connectivity index (χ1) is 10.0. The monoisotopic (exact) mass is 299 g/mol. The molecular weight excluding hydrogens is 280 g/mol. The molecule has 1 fully saturated rings. The molecule has 0 aromatic heterocycles. The zero-order valence-corrected chi connectivity index (χ0v) is 11.5. The number of ether oxygens (including phenoxy) is 1. The lowest BCUT2D eigenvalue weighted by molar-refractivity contribution is -0.124. The van der Waals surface area contributed by atoms with E-state index in [0.29, 0.717) is 12.8 Å². The van der Waals surface area contributed by atoms with Gasteiger partial charge in [-0.1, -0.05) is 30.3 Å². The van der Waals surface area contributed by atoms with E-state index in [1.165, 1.54) is 0 Å². The van der Waals surface area contributed by atoms with E-state index < -0.39 is 30.8 Å². The first-order valence-electron chi connectivity index (χ1n) is 7.01. The molecule has 2 N–H and O–H groups in total. The van der Waals surface area contributed by atoms with Gasteiger partial charge < -0.3 is 15.2 Å². The number of hydrogen-bond acceptors (Lipinski definition) is 2. The molecule has 1 saturated carbocycles. The van der Waals surface area contributed by atoms with Gasteiger partial charge in [0, 0.05) is 18.9 Å². The zero-order chi connectivity index (χ0) is 15.2. The molecule has 1 aliphatic carbocycles. The third-order valence-electron chi connectivity index (χ3n) is 3.60. The van der Waals surface area contributed by atoms with Crippen LogP contribution in [0.25, 0.3) is 0 Å². The molecule has 1 aromatic carbocycles. The average Bonchev–Trinajstić information content (AvgIpc) is 2.42. The Kier molecular flexibility index (Phi) is 5.50. The molecule has 1 aliphatic rings. The van der Waals surface area contributed by atoms with Crippen molar-refractivity contribution in [3.63, 3.8) is 0 Å². The van der Waals surface area contributed by atoms with Crippen LogP contribution in [0, 0.1) is 0 Å². The zero-order valence-electron chi connectivity index (χ0n) is 11.5. The molecule has 0 spiro atoms. The molecule has 4 atom stereocenters. The first kappa shape index (κ1) is 15.7. The Morgan fingerprint density at radius 2 is 2.10 bits per heavy atom. The van der Waals surface area contributed by atoms with Gasteiger partial charge in [0.05, 0.1) is 6.10 Å². The second-order valence-corrected chi connectivity index (χ2v) is 5.25. The van der Waals surface area contributed by atoms with E-state index in [-0.39, 0.29) is 12.8 Å². The molecule has 0 bridgehead atoms. The van der Waals surface area contributed by atoms with Crippen LogP contribution in [0.2, 0.25) is 0 Å². The summed E-state index contributed by atoms with van der Waals surface area (Å²) in [6.07, 6.45) is -4.02. The minimum absolute atomic E-state index is 0.0228. The molecule has 0 radical (unpaired) electrons. The number of carboxylic acid groups (broad SMARTS) is 1. The van der Waals surface area contributed by atoms with Gasteiger partial charge in [-0.25, -0.2) is 13.6 Å². The molecule has 4 unspecified atom stereocenters. The summed E-state index contributed by atoms with van der Waals surface area (Å²) in [5.74, 6) is 0. The van der Waals surface area contributed by atoms with Gasteiger partial charge in [-0.15, -0.1) is 0 Å². The maximum atomic E-state index is 13.9. The van der Waals surface area contributed by atoms with Crippen LogP contribution in [0.15, 0.2) is 30.3 Å². The number of amides is 1. The van der Waals surface area contributed by atoms with E-state index in [1.807, 2.05) is 18.2 Å². The quantitative estimate of drug-likeness (QED) is 0.878. The largest absolute Gasteiger partial charge is 0.465 e. The van der Waals surface area contributed by atoms with E-state index in [2.05, 4.69) is 5.32 Å². The fourth-order valence-corrected chi connectivity index (χ4v) is 2.58. The number of nitrogens with one attached hydrogen (secondary N) is 1. The third kappa shape index (κ3) is 4.97. The summed E-state index contributed by atoms with van der Waals surface area (Å²) in [7, 11) is 0. The molecule has 21 heavy (non-hydrogen) atoms. The predicted octanol–water partition coefficient (Wildman–Crippen LogP) is 3.07. The molecule has 1 aromatic rings. The summed E-state index contributed by atoms with van der Waals surface area (Å²) >= 11 is 0. The van der Waals surface area contributed by atoms with Crippen LogP contribution in [-0.4, -0.2) is 35.9 Å². The highest BCUT2D eigenvalue weighted by Gasteiger charge is 2.33. The van der Waals surface area contributed by atoms with Crippen LogP contribution < -0.4 is 5.32 Å². The molecule has 116 valence electrons. The van der Waals surface area contributed by atoms with Crippen molar-refractivity contribution in [1.29, 1.82) is 0 Å². The van der Waals surface area contributed by atoms with E-state index in [0.717, 1.165) is 5.56 Å². The number of hydrogen-bond donors (Lipinski definition) is 2. The maximum Gasteiger partial charge on any atom is 0.404 e. The maximum absolute atomic E-state index is 13.9. The van der Waals surface area contributed by atoms with Crippen LogP contribution in [0.4, 0.5) is 13.6 Å². The Balaban J connectivity index is 1.79. The first-order valence-corrected chi connectivity index (χ1v) is 7.01. The van der Waals surface area contributed by atoms with Gasteiger partial charge in [-0.3, -0.25) is 0 Å².